The van der Waals surface area contributed by atoms with Gasteiger partial charge in [-0.2, -0.15) is 0 Å². The van der Waals surface area contributed by atoms with Gasteiger partial charge in [0.1, 0.15) is 0 Å². The third-order valence-electron chi connectivity index (χ3n) is 3.12. The third kappa shape index (κ3) is 2.44. The van der Waals surface area contributed by atoms with E-state index in [0.29, 0.717) is 11.4 Å². The monoisotopic (exact) mass is 348 g/mol. The van der Waals surface area contributed by atoms with Gasteiger partial charge in [0.05, 0.1) is 17.6 Å². The normalized spacial score (nSPS) is 11.1. The molecule has 0 saturated carbocycles. The van der Waals surface area contributed by atoms with E-state index in [-0.39, 0.29) is 0 Å². The van der Waals surface area contributed by atoms with Crippen LogP contribution in [-0.2, 0) is 11.3 Å². The van der Waals surface area contributed by atoms with E-state index < -0.39 is 0 Å². The standard InChI is InChI=1S/C15H13BrN2OS/c1-19-9-10-3-2-4-12(7-10)18-14-6-5-11(16)8-13(14)17-15(18)20/h2-8H,9H2,1H3,(H,17,20). The Hall–Kier alpha value is -1.43. The number of benzene rings is 2. The lowest BCUT2D eigenvalue weighted by atomic mass is 10.2. The Balaban J connectivity index is 2.21. The fraction of sp³-hybridized carbons (Fsp3) is 0.133. The quantitative estimate of drug-likeness (QED) is 0.701. The molecule has 3 aromatic rings. The van der Waals surface area contributed by atoms with E-state index >= 15 is 0 Å². The van der Waals surface area contributed by atoms with Crippen molar-refractivity contribution in [2.45, 2.75) is 6.61 Å². The molecule has 0 aliphatic heterocycles. The molecule has 3 rings (SSSR count). The molecule has 1 N–H and O–H groups in total. The zero-order chi connectivity index (χ0) is 14.1. The summed E-state index contributed by atoms with van der Waals surface area (Å²) in [5, 5.41) is 0. The summed E-state index contributed by atoms with van der Waals surface area (Å²) in [6.45, 7) is 0.592. The van der Waals surface area contributed by atoms with Crippen LogP contribution in [0.15, 0.2) is 46.9 Å². The molecule has 0 aliphatic rings. The Kier molecular flexibility index (Phi) is 3.74. The van der Waals surface area contributed by atoms with Gasteiger partial charge in [0.2, 0.25) is 0 Å². The van der Waals surface area contributed by atoms with Gasteiger partial charge in [0, 0.05) is 17.3 Å². The highest BCUT2D eigenvalue weighted by Crippen LogP contribution is 2.23. The van der Waals surface area contributed by atoms with Crippen LogP contribution in [0.1, 0.15) is 5.56 Å². The van der Waals surface area contributed by atoms with Gasteiger partial charge in [0.25, 0.3) is 0 Å². The molecular weight excluding hydrogens is 336 g/mol. The summed E-state index contributed by atoms with van der Waals surface area (Å²) in [6.07, 6.45) is 0. The lowest BCUT2D eigenvalue weighted by Gasteiger charge is -2.07. The summed E-state index contributed by atoms with van der Waals surface area (Å²) in [4.78, 5) is 3.23. The molecule has 0 spiro atoms. The van der Waals surface area contributed by atoms with Crippen LogP contribution >= 0.6 is 28.1 Å². The van der Waals surface area contributed by atoms with E-state index in [9.17, 15) is 0 Å². The fourth-order valence-corrected chi connectivity index (χ4v) is 2.97. The van der Waals surface area contributed by atoms with Gasteiger partial charge in [-0.15, -0.1) is 0 Å². The Morgan fingerprint density at radius 3 is 2.90 bits per heavy atom. The van der Waals surface area contributed by atoms with Crippen molar-refractivity contribution in [2.75, 3.05) is 7.11 Å². The molecule has 1 aromatic heterocycles. The minimum atomic E-state index is 0.592. The van der Waals surface area contributed by atoms with Crippen LogP contribution in [0.3, 0.4) is 0 Å². The zero-order valence-corrected chi connectivity index (χ0v) is 13.3. The van der Waals surface area contributed by atoms with Crippen molar-refractivity contribution in [3.8, 4) is 5.69 Å². The number of hydrogen-bond acceptors (Lipinski definition) is 2. The summed E-state index contributed by atoms with van der Waals surface area (Å²) >= 11 is 8.92. The predicted molar refractivity (Wildman–Crippen MR) is 86.9 cm³/mol. The first-order chi connectivity index (χ1) is 9.69. The topological polar surface area (TPSA) is 29.9 Å². The summed E-state index contributed by atoms with van der Waals surface area (Å²) < 4.78 is 8.94. The Morgan fingerprint density at radius 1 is 1.25 bits per heavy atom. The number of ether oxygens (including phenoxy) is 1. The Labute approximate surface area is 130 Å². The van der Waals surface area contributed by atoms with Crippen LogP contribution in [0.4, 0.5) is 0 Å². The van der Waals surface area contributed by atoms with Crippen molar-refractivity contribution in [1.29, 1.82) is 0 Å². The Bertz CT molecular complexity index is 822. The van der Waals surface area contributed by atoms with Gasteiger partial charge >= 0.3 is 0 Å². The minimum Gasteiger partial charge on any atom is -0.380 e. The fourth-order valence-electron chi connectivity index (χ4n) is 2.29. The molecule has 1 heterocycles. The first kappa shape index (κ1) is 13.5. The number of nitrogens with one attached hydrogen (secondary N) is 1. The van der Waals surface area contributed by atoms with E-state index in [4.69, 9.17) is 17.0 Å². The molecule has 0 aliphatic carbocycles. The van der Waals surface area contributed by atoms with Gasteiger partial charge in [-0.3, -0.25) is 4.57 Å². The van der Waals surface area contributed by atoms with Crippen LogP contribution in [0.25, 0.3) is 16.7 Å². The molecule has 0 saturated heterocycles. The molecule has 0 radical (unpaired) electrons. The number of aromatic nitrogens is 2. The Morgan fingerprint density at radius 2 is 2.10 bits per heavy atom. The van der Waals surface area contributed by atoms with Crippen molar-refractivity contribution in [2.24, 2.45) is 0 Å². The number of fused-ring (bicyclic) bond motifs is 1. The van der Waals surface area contributed by atoms with Crippen LogP contribution in [0.5, 0.6) is 0 Å². The smallest absolute Gasteiger partial charge is 0.182 e. The maximum atomic E-state index is 5.45. The second-order valence-corrected chi connectivity index (χ2v) is 5.83. The molecular formula is C15H13BrN2OS. The van der Waals surface area contributed by atoms with E-state index in [1.165, 1.54) is 0 Å². The van der Waals surface area contributed by atoms with Gasteiger partial charge in [-0.05, 0) is 48.1 Å². The molecule has 0 bridgehead atoms. The zero-order valence-electron chi connectivity index (χ0n) is 10.9. The molecule has 3 nitrogen and oxygen atoms in total. The van der Waals surface area contributed by atoms with Gasteiger partial charge in [0.15, 0.2) is 4.77 Å². The van der Waals surface area contributed by atoms with Crippen molar-refractivity contribution < 1.29 is 4.74 Å². The molecule has 102 valence electrons. The summed E-state index contributed by atoms with van der Waals surface area (Å²) in [6, 6.07) is 14.3. The largest absolute Gasteiger partial charge is 0.380 e. The van der Waals surface area contributed by atoms with Crippen LogP contribution < -0.4 is 0 Å². The number of H-pyrrole nitrogens is 1. The summed E-state index contributed by atoms with van der Waals surface area (Å²) in [5.41, 5.74) is 4.24. The molecule has 0 unspecified atom stereocenters. The molecule has 0 atom stereocenters. The minimum absolute atomic E-state index is 0.592. The average Bonchev–Trinajstić information content (AvgIpc) is 2.74. The highest BCUT2D eigenvalue weighted by Gasteiger charge is 2.07. The SMILES string of the molecule is COCc1cccc(-n2c(=S)[nH]c3cc(Br)ccc32)c1. The van der Waals surface area contributed by atoms with E-state index in [2.05, 4.69) is 33.0 Å². The molecule has 0 amide bonds. The summed E-state index contributed by atoms with van der Waals surface area (Å²) in [7, 11) is 1.70. The van der Waals surface area contributed by atoms with Crippen LogP contribution in [-0.4, -0.2) is 16.7 Å². The highest BCUT2D eigenvalue weighted by molar-refractivity contribution is 9.10. The van der Waals surface area contributed by atoms with E-state index in [0.717, 1.165) is 26.8 Å². The van der Waals surface area contributed by atoms with Crippen molar-refractivity contribution in [3.05, 3.63) is 57.3 Å². The molecule has 2 aromatic carbocycles. The molecule has 5 heteroatoms. The first-order valence-electron chi connectivity index (χ1n) is 6.17. The van der Waals surface area contributed by atoms with Crippen molar-refractivity contribution >= 4 is 39.2 Å². The van der Waals surface area contributed by atoms with Crippen molar-refractivity contribution in [1.82, 2.24) is 9.55 Å². The van der Waals surface area contributed by atoms with E-state index in [1.807, 2.05) is 34.9 Å². The third-order valence-corrected chi connectivity index (χ3v) is 3.90. The highest BCUT2D eigenvalue weighted by atomic mass is 79.9. The van der Waals surface area contributed by atoms with Gasteiger partial charge in [-0.25, -0.2) is 0 Å². The summed E-state index contributed by atoms with van der Waals surface area (Å²) in [5.74, 6) is 0. The average molecular weight is 349 g/mol. The second-order valence-electron chi connectivity index (χ2n) is 4.53. The van der Waals surface area contributed by atoms with Crippen LogP contribution in [0, 0.1) is 4.77 Å². The van der Waals surface area contributed by atoms with Crippen molar-refractivity contribution in [3.63, 3.8) is 0 Å². The van der Waals surface area contributed by atoms with E-state index in [1.54, 1.807) is 7.11 Å². The maximum absolute atomic E-state index is 5.45. The lowest BCUT2D eigenvalue weighted by Crippen LogP contribution is -1.96. The number of hydrogen-bond donors (Lipinski definition) is 1. The number of nitrogens with zero attached hydrogens (tertiary/aromatic N) is 1. The number of halogens is 1. The van der Waals surface area contributed by atoms with Gasteiger partial charge in [-0.1, -0.05) is 28.1 Å². The molecule has 0 fully saturated rings. The maximum Gasteiger partial charge on any atom is 0.182 e. The number of rotatable bonds is 3. The number of methoxy groups -OCH3 is 1. The molecule has 20 heavy (non-hydrogen) atoms. The first-order valence-corrected chi connectivity index (χ1v) is 7.38. The second kappa shape index (κ2) is 5.52. The predicted octanol–water partition coefficient (Wildman–Crippen LogP) is 4.60. The number of imidazole rings is 1. The van der Waals surface area contributed by atoms with Crippen LogP contribution in [0.2, 0.25) is 0 Å². The lowest BCUT2D eigenvalue weighted by molar-refractivity contribution is 0.185. The van der Waals surface area contributed by atoms with Gasteiger partial charge < -0.3 is 9.72 Å². The number of aromatic amines is 1.